The molecule has 1 unspecified atom stereocenters. The number of nitrogens with zero attached hydrogens (tertiary/aromatic N) is 3. The highest BCUT2D eigenvalue weighted by molar-refractivity contribution is 5.73. The first-order valence-corrected chi connectivity index (χ1v) is 10.3. The Labute approximate surface area is 191 Å². The molecule has 33 heavy (non-hydrogen) atoms. The zero-order valence-corrected chi connectivity index (χ0v) is 18.2. The lowest BCUT2D eigenvalue weighted by molar-refractivity contribution is -0.144. The molecule has 1 aromatic rings. The fourth-order valence-corrected chi connectivity index (χ4v) is 3.31. The number of hydrogen-bond acceptors (Lipinski definition) is 8. The summed E-state index contributed by atoms with van der Waals surface area (Å²) in [5.41, 5.74) is 0.675. The lowest BCUT2D eigenvalue weighted by atomic mass is 10.1. The van der Waals surface area contributed by atoms with Crippen molar-refractivity contribution in [1.29, 1.82) is 0 Å². The highest BCUT2D eigenvalue weighted by atomic mass is 16.4. The van der Waals surface area contributed by atoms with Gasteiger partial charge < -0.3 is 25.5 Å². The molecule has 0 bridgehead atoms. The first-order valence-electron chi connectivity index (χ1n) is 10.3. The van der Waals surface area contributed by atoms with Crippen molar-refractivity contribution in [3.8, 4) is 0 Å². The van der Waals surface area contributed by atoms with E-state index in [0.717, 1.165) is 0 Å². The Bertz CT molecular complexity index is 744. The largest absolute Gasteiger partial charge is 0.480 e. The molecule has 1 atom stereocenters. The number of hydrogen-bond donors (Lipinski definition) is 5. The van der Waals surface area contributed by atoms with Gasteiger partial charge in [0.25, 0.3) is 0 Å². The number of carboxylic acid groups (broad SMARTS) is 4. The summed E-state index contributed by atoms with van der Waals surface area (Å²) >= 11 is 0. The summed E-state index contributed by atoms with van der Waals surface area (Å²) in [5.74, 6) is -4.62. The molecule has 0 saturated carbocycles. The average Bonchev–Trinajstić information content (AvgIpc) is 2.70. The van der Waals surface area contributed by atoms with Gasteiger partial charge in [-0.25, -0.2) is 0 Å². The van der Waals surface area contributed by atoms with E-state index in [9.17, 15) is 24.3 Å². The van der Waals surface area contributed by atoms with Gasteiger partial charge in [0.05, 0.1) is 32.3 Å². The van der Waals surface area contributed by atoms with Crippen LogP contribution in [-0.4, -0.2) is 123 Å². The zero-order valence-electron chi connectivity index (χ0n) is 18.2. The second-order valence-electron chi connectivity index (χ2n) is 7.58. The van der Waals surface area contributed by atoms with Crippen LogP contribution in [0.25, 0.3) is 0 Å². The van der Waals surface area contributed by atoms with Crippen molar-refractivity contribution >= 4 is 23.9 Å². The number of aliphatic hydroxyl groups is 1. The fraction of sp³-hybridized carbons (Fsp3) is 0.524. The average molecular weight is 469 g/mol. The molecule has 0 spiro atoms. The minimum Gasteiger partial charge on any atom is -0.480 e. The highest BCUT2D eigenvalue weighted by Crippen LogP contribution is 2.14. The van der Waals surface area contributed by atoms with Gasteiger partial charge >= 0.3 is 23.9 Å². The van der Waals surface area contributed by atoms with Gasteiger partial charge in [-0.05, 0) is 18.5 Å². The van der Waals surface area contributed by atoms with Crippen LogP contribution in [0.2, 0.25) is 0 Å². The molecule has 184 valence electrons. The fourth-order valence-electron chi connectivity index (χ4n) is 3.31. The van der Waals surface area contributed by atoms with Crippen LogP contribution in [0.1, 0.15) is 18.1 Å². The van der Waals surface area contributed by atoms with Gasteiger partial charge in [-0.3, -0.25) is 33.9 Å². The van der Waals surface area contributed by atoms with Crippen LogP contribution >= 0.6 is 0 Å². The molecule has 0 amide bonds. The van der Waals surface area contributed by atoms with Crippen molar-refractivity contribution in [2.75, 3.05) is 58.9 Å². The van der Waals surface area contributed by atoms with Crippen LogP contribution in [-0.2, 0) is 19.2 Å². The minimum absolute atomic E-state index is 0.119. The van der Waals surface area contributed by atoms with Gasteiger partial charge in [-0.2, -0.15) is 0 Å². The summed E-state index contributed by atoms with van der Waals surface area (Å²) in [6.07, 6.45) is -0.465. The smallest absolute Gasteiger partial charge is 0.317 e. The third-order valence-corrected chi connectivity index (χ3v) is 4.73. The number of carboxylic acids is 4. The summed E-state index contributed by atoms with van der Waals surface area (Å²) in [6.45, 7) is -0.670. The van der Waals surface area contributed by atoms with Crippen LogP contribution < -0.4 is 0 Å². The van der Waals surface area contributed by atoms with Gasteiger partial charge in [0.15, 0.2) is 0 Å². The third-order valence-electron chi connectivity index (χ3n) is 4.73. The predicted octanol–water partition coefficient (Wildman–Crippen LogP) is -0.645. The standard InChI is InChI=1S/C21H31N3O9/c25-17(16-5-2-1-3-6-16)11-22(9-10-24(14-20(30)31)15-21(32)33)7-4-8-23(12-18(26)27)13-19(28)29/h1-3,5-6,17,25H,4,7-15H2,(H,26,27)(H,28,29)(H,30,31)(H,32,33). The van der Waals surface area contributed by atoms with Crippen molar-refractivity contribution in [2.45, 2.75) is 12.5 Å². The molecule has 0 saturated heterocycles. The van der Waals surface area contributed by atoms with E-state index in [1.807, 2.05) is 11.0 Å². The van der Waals surface area contributed by atoms with Gasteiger partial charge in [-0.1, -0.05) is 30.3 Å². The van der Waals surface area contributed by atoms with Gasteiger partial charge in [-0.15, -0.1) is 0 Å². The Balaban J connectivity index is 2.80. The van der Waals surface area contributed by atoms with E-state index in [1.165, 1.54) is 9.80 Å². The maximum atomic E-state index is 11.0. The Morgan fingerprint density at radius 2 is 1.03 bits per heavy atom. The van der Waals surface area contributed by atoms with Crippen LogP contribution in [0.4, 0.5) is 0 Å². The van der Waals surface area contributed by atoms with Gasteiger partial charge in [0, 0.05) is 26.2 Å². The number of carbonyl (C=O) groups is 4. The van der Waals surface area contributed by atoms with Crippen molar-refractivity contribution in [3.05, 3.63) is 35.9 Å². The summed E-state index contributed by atoms with van der Waals surface area (Å²) in [4.78, 5) is 48.3. The molecular weight excluding hydrogens is 438 g/mol. The summed E-state index contributed by atoms with van der Waals surface area (Å²) < 4.78 is 0. The van der Waals surface area contributed by atoms with E-state index in [-0.39, 0.29) is 26.2 Å². The molecule has 5 N–H and O–H groups in total. The van der Waals surface area contributed by atoms with Crippen LogP contribution in [0, 0.1) is 0 Å². The molecule has 12 heteroatoms. The first-order chi connectivity index (χ1) is 15.6. The van der Waals surface area contributed by atoms with Crippen LogP contribution in [0.3, 0.4) is 0 Å². The van der Waals surface area contributed by atoms with Crippen LogP contribution in [0.5, 0.6) is 0 Å². The number of rotatable bonds is 18. The topological polar surface area (TPSA) is 179 Å². The Morgan fingerprint density at radius 3 is 1.48 bits per heavy atom. The van der Waals surface area contributed by atoms with E-state index >= 15 is 0 Å². The van der Waals surface area contributed by atoms with Gasteiger partial charge in [0.2, 0.25) is 0 Å². The van der Waals surface area contributed by atoms with Crippen molar-refractivity contribution in [2.24, 2.45) is 0 Å². The van der Waals surface area contributed by atoms with E-state index in [0.29, 0.717) is 18.5 Å². The third kappa shape index (κ3) is 13.2. The summed E-state index contributed by atoms with van der Waals surface area (Å²) in [6, 6.07) is 8.88. The lowest BCUT2D eigenvalue weighted by Gasteiger charge is -2.29. The summed E-state index contributed by atoms with van der Waals surface area (Å²) in [5, 5.41) is 46.5. The second kappa shape index (κ2) is 14.9. The van der Waals surface area contributed by atoms with E-state index < -0.39 is 56.2 Å². The van der Waals surface area contributed by atoms with Crippen molar-refractivity contribution < 1.29 is 44.7 Å². The summed E-state index contributed by atoms with van der Waals surface area (Å²) in [7, 11) is 0. The maximum absolute atomic E-state index is 11.0. The maximum Gasteiger partial charge on any atom is 0.317 e. The van der Waals surface area contributed by atoms with E-state index in [1.54, 1.807) is 24.3 Å². The normalized spacial score (nSPS) is 12.2. The van der Waals surface area contributed by atoms with Crippen LogP contribution in [0.15, 0.2) is 30.3 Å². The monoisotopic (exact) mass is 469 g/mol. The van der Waals surface area contributed by atoms with E-state index in [2.05, 4.69) is 0 Å². The van der Waals surface area contributed by atoms with Crippen molar-refractivity contribution in [3.63, 3.8) is 0 Å². The molecule has 0 aliphatic heterocycles. The molecule has 0 aliphatic carbocycles. The molecule has 0 radical (unpaired) electrons. The molecule has 0 aliphatic rings. The lowest BCUT2D eigenvalue weighted by Crippen LogP contribution is -2.42. The van der Waals surface area contributed by atoms with Crippen molar-refractivity contribution in [1.82, 2.24) is 14.7 Å². The Hall–Kier alpha value is -3.06. The number of aliphatic hydroxyl groups excluding tert-OH is 1. The molecule has 0 fully saturated rings. The zero-order chi connectivity index (χ0) is 24.8. The predicted molar refractivity (Wildman–Crippen MR) is 116 cm³/mol. The molecule has 1 rings (SSSR count). The first kappa shape index (κ1) is 28.0. The van der Waals surface area contributed by atoms with Gasteiger partial charge in [0.1, 0.15) is 0 Å². The minimum atomic E-state index is -1.16. The highest BCUT2D eigenvalue weighted by Gasteiger charge is 2.19. The quantitative estimate of drug-likeness (QED) is 0.184. The Kier molecular flexibility index (Phi) is 12.6. The second-order valence-corrected chi connectivity index (χ2v) is 7.58. The molecule has 0 aromatic heterocycles. The number of benzene rings is 1. The number of aliphatic carboxylic acids is 4. The molecule has 0 heterocycles. The molecule has 12 nitrogen and oxygen atoms in total. The molecular formula is C21H31N3O9. The molecule has 1 aromatic carbocycles. The van der Waals surface area contributed by atoms with E-state index in [4.69, 9.17) is 20.4 Å². The SMILES string of the molecule is O=C(O)CN(CCCN(CCN(CC(=O)O)CC(=O)O)CC(O)c1ccccc1)CC(=O)O. The Morgan fingerprint density at radius 1 is 0.636 bits per heavy atom.